The fourth-order valence-corrected chi connectivity index (χ4v) is 4.31. The van der Waals surface area contributed by atoms with E-state index in [-0.39, 0.29) is 5.92 Å². The first-order valence-corrected chi connectivity index (χ1v) is 8.41. The van der Waals surface area contributed by atoms with Gasteiger partial charge in [-0.05, 0) is 49.7 Å². The van der Waals surface area contributed by atoms with Crippen LogP contribution in [0.2, 0.25) is 0 Å². The molecule has 2 aliphatic heterocycles. The molecule has 1 N–H and O–H groups in total. The summed E-state index contributed by atoms with van der Waals surface area (Å²) in [6.45, 7) is 1.87. The Bertz CT molecular complexity index is 542. The number of amides is 1. The molecular formula is C18H24N2O. The number of benzene rings is 1. The standard InChI is InChI=1S/C18H24N2O/c21-18(20-10-9-16-7-8-17(12-20)19-16)15-6-5-13-3-1-2-4-14(13)11-15/h1-4,15-17,19H,5-12H2. The van der Waals surface area contributed by atoms with Crippen LogP contribution in [-0.4, -0.2) is 36.0 Å². The van der Waals surface area contributed by atoms with Crippen LogP contribution in [0.25, 0.3) is 0 Å². The second-order valence-corrected chi connectivity index (χ2v) is 6.92. The minimum Gasteiger partial charge on any atom is -0.341 e. The highest BCUT2D eigenvalue weighted by Crippen LogP contribution is 2.28. The Morgan fingerprint density at radius 3 is 2.76 bits per heavy atom. The quantitative estimate of drug-likeness (QED) is 0.857. The molecule has 2 bridgehead atoms. The maximum Gasteiger partial charge on any atom is 0.226 e. The van der Waals surface area contributed by atoms with E-state index in [4.69, 9.17) is 0 Å². The van der Waals surface area contributed by atoms with Gasteiger partial charge in [-0.3, -0.25) is 4.79 Å². The van der Waals surface area contributed by atoms with E-state index >= 15 is 0 Å². The van der Waals surface area contributed by atoms with Crippen LogP contribution in [0.4, 0.5) is 0 Å². The monoisotopic (exact) mass is 284 g/mol. The Balaban J connectivity index is 1.46. The summed E-state index contributed by atoms with van der Waals surface area (Å²) in [6.07, 6.45) is 6.68. The van der Waals surface area contributed by atoms with Gasteiger partial charge in [0.1, 0.15) is 0 Å². The van der Waals surface area contributed by atoms with Gasteiger partial charge in [0.25, 0.3) is 0 Å². The number of rotatable bonds is 1. The highest BCUT2D eigenvalue weighted by Gasteiger charge is 2.34. The Morgan fingerprint density at radius 2 is 1.86 bits per heavy atom. The van der Waals surface area contributed by atoms with E-state index in [0.29, 0.717) is 18.0 Å². The molecule has 2 saturated heterocycles. The first-order chi connectivity index (χ1) is 10.3. The summed E-state index contributed by atoms with van der Waals surface area (Å²) in [5, 5.41) is 3.66. The van der Waals surface area contributed by atoms with Crippen LogP contribution in [0.5, 0.6) is 0 Å². The predicted molar refractivity (Wildman–Crippen MR) is 83.1 cm³/mol. The number of hydrogen-bond donors (Lipinski definition) is 1. The molecule has 21 heavy (non-hydrogen) atoms. The molecule has 0 radical (unpaired) electrons. The molecule has 112 valence electrons. The third-order valence-corrected chi connectivity index (χ3v) is 5.53. The van der Waals surface area contributed by atoms with Crippen molar-refractivity contribution in [3.8, 4) is 0 Å². The number of carbonyl (C=O) groups is 1. The summed E-state index contributed by atoms with van der Waals surface area (Å²) in [5.74, 6) is 0.607. The lowest BCUT2D eigenvalue weighted by Crippen LogP contribution is -2.43. The topological polar surface area (TPSA) is 32.3 Å². The van der Waals surface area contributed by atoms with Gasteiger partial charge in [-0.1, -0.05) is 24.3 Å². The normalized spacial score (nSPS) is 31.6. The second kappa shape index (κ2) is 5.45. The zero-order valence-corrected chi connectivity index (χ0v) is 12.6. The van der Waals surface area contributed by atoms with Gasteiger partial charge < -0.3 is 10.2 Å². The lowest BCUT2D eigenvalue weighted by molar-refractivity contribution is -0.136. The van der Waals surface area contributed by atoms with Crippen LogP contribution >= 0.6 is 0 Å². The van der Waals surface area contributed by atoms with Gasteiger partial charge in [0.05, 0.1) is 0 Å². The molecule has 3 unspecified atom stereocenters. The summed E-state index contributed by atoms with van der Waals surface area (Å²) in [7, 11) is 0. The van der Waals surface area contributed by atoms with Crippen molar-refractivity contribution in [2.24, 2.45) is 5.92 Å². The van der Waals surface area contributed by atoms with Crippen molar-refractivity contribution < 1.29 is 4.79 Å². The van der Waals surface area contributed by atoms with Crippen LogP contribution in [0.15, 0.2) is 24.3 Å². The molecule has 1 amide bonds. The van der Waals surface area contributed by atoms with Crippen molar-refractivity contribution in [1.82, 2.24) is 10.2 Å². The van der Waals surface area contributed by atoms with Crippen LogP contribution in [0.1, 0.15) is 36.8 Å². The van der Waals surface area contributed by atoms with Crippen LogP contribution in [0, 0.1) is 5.92 Å². The van der Waals surface area contributed by atoms with Crippen LogP contribution in [0.3, 0.4) is 0 Å². The van der Waals surface area contributed by atoms with Gasteiger partial charge in [0.2, 0.25) is 5.91 Å². The van der Waals surface area contributed by atoms with E-state index in [1.54, 1.807) is 0 Å². The number of likely N-dealkylation sites (tertiary alicyclic amines) is 1. The van der Waals surface area contributed by atoms with Gasteiger partial charge in [-0.15, -0.1) is 0 Å². The molecule has 2 heterocycles. The summed E-state index contributed by atoms with van der Waals surface area (Å²) in [4.78, 5) is 15.0. The van der Waals surface area contributed by atoms with Crippen LogP contribution < -0.4 is 5.32 Å². The van der Waals surface area contributed by atoms with Gasteiger partial charge in [-0.2, -0.15) is 0 Å². The average Bonchev–Trinajstić information content (AvgIpc) is 2.85. The fourth-order valence-electron chi connectivity index (χ4n) is 4.31. The van der Waals surface area contributed by atoms with Gasteiger partial charge in [0.15, 0.2) is 0 Å². The van der Waals surface area contributed by atoms with E-state index in [1.807, 2.05) is 0 Å². The minimum absolute atomic E-state index is 0.205. The lowest BCUT2D eigenvalue weighted by Gasteiger charge is -2.31. The number of nitrogens with zero attached hydrogens (tertiary/aromatic N) is 1. The summed E-state index contributed by atoms with van der Waals surface area (Å²) < 4.78 is 0. The molecule has 2 fully saturated rings. The average molecular weight is 284 g/mol. The zero-order chi connectivity index (χ0) is 14.2. The molecule has 3 aliphatic rings. The number of nitrogens with one attached hydrogen (secondary N) is 1. The highest BCUT2D eigenvalue weighted by molar-refractivity contribution is 5.79. The zero-order valence-electron chi connectivity index (χ0n) is 12.6. The Kier molecular flexibility index (Phi) is 3.46. The maximum absolute atomic E-state index is 12.9. The van der Waals surface area contributed by atoms with E-state index in [2.05, 4.69) is 34.5 Å². The maximum atomic E-state index is 12.9. The molecule has 0 spiro atoms. The lowest BCUT2D eigenvalue weighted by atomic mass is 9.83. The van der Waals surface area contributed by atoms with E-state index < -0.39 is 0 Å². The summed E-state index contributed by atoms with van der Waals surface area (Å²) in [5.41, 5.74) is 2.83. The molecule has 1 aliphatic carbocycles. The second-order valence-electron chi connectivity index (χ2n) is 6.92. The molecule has 1 aromatic rings. The third kappa shape index (κ3) is 2.59. The molecule has 3 atom stereocenters. The van der Waals surface area contributed by atoms with Crippen molar-refractivity contribution in [3.63, 3.8) is 0 Å². The SMILES string of the molecule is O=C(C1CCc2ccccc2C1)N1CCC2CCC(C1)N2. The van der Waals surface area contributed by atoms with Gasteiger partial charge in [-0.25, -0.2) is 0 Å². The fraction of sp³-hybridized carbons (Fsp3) is 0.611. The minimum atomic E-state index is 0.205. The van der Waals surface area contributed by atoms with Crippen molar-refractivity contribution in [3.05, 3.63) is 35.4 Å². The van der Waals surface area contributed by atoms with Crippen molar-refractivity contribution in [2.45, 2.75) is 50.6 Å². The molecule has 0 saturated carbocycles. The Morgan fingerprint density at radius 1 is 1.05 bits per heavy atom. The van der Waals surface area contributed by atoms with E-state index in [9.17, 15) is 4.79 Å². The number of carbonyl (C=O) groups excluding carboxylic acids is 1. The van der Waals surface area contributed by atoms with Crippen molar-refractivity contribution >= 4 is 5.91 Å². The summed E-state index contributed by atoms with van der Waals surface area (Å²) in [6, 6.07) is 9.81. The summed E-state index contributed by atoms with van der Waals surface area (Å²) >= 11 is 0. The van der Waals surface area contributed by atoms with Crippen molar-refractivity contribution in [1.29, 1.82) is 0 Å². The molecular weight excluding hydrogens is 260 g/mol. The van der Waals surface area contributed by atoms with Crippen molar-refractivity contribution in [2.75, 3.05) is 13.1 Å². The van der Waals surface area contributed by atoms with Gasteiger partial charge in [0, 0.05) is 31.1 Å². The Hall–Kier alpha value is -1.35. The molecule has 3 heteroatoms. The van der Waals surface area contributed by atoms with E-state index in [1.165, 1.54) is 24.0 Å². The predicted octanol–water partition coefficient (Wildman–Crippen LogP) is 2.14. The first kappa shape index (κ1) is 13.3. The third-order valence-electron chi connectivity index (χ3n) is 5.53. The highest BCUT2D eigenvalue weighted by atomic mass is 16.2. The molecule has 4 rings (SSSR count). The number of fused-ring (bicyclic) bond motifs is 3. The van der Waals surface area contributed by atoms with Crippen LogP contribution in [-0.2, 0) is 17.6 Å². The number of aryl methyl sites for hydroxylation is 1. The van der Waals surface area contributed by atoms with E-state index in [0.717, 1.165) is 38.8 Å². The van der Waals surface area contributed by atoms with Gasteiger partial charge >= 0.3 is 0 Å². The molecule has 1 aromatic carbocycles. The number of hydrogen-bond acceptors (Lipinski definition) is 2. The Labute approximate surface area is 126 Å². The molecule has 3 nitrogen and oxygen atoms in total. The smallest absolute Gasteiger partial charge is 0.226 e. The largest absolute Gasteiger partial charge is 0.341 e. The first-order valence-electron chi connectivity index (χ1n) is 8.41. The molecule has 0 aromatic heterocycles.